The Morgan fingerprint density at radius 2 is 1.92 bits per heavy atom. The average molecular weight is 371 g/mol. The summed E-state index contributed by atoms with van der Waals surface area (Å²) >= 11 is 1.18. The van der Waals surface area contributed by atoms with Crippen molar-refractivity contribution in [2.45, 2.75) is 25.6 Å². The van der Waals surface area contributed by atoms with E-state index in [0.717, 1.165) is 16.7 Å². The molecule has 3 rings (SSSR count). The van der Waals surface area contributed by atoms with Gasteiger partial charge in [0.1, 0.15) is 5.82 Å². The summed E-state index contributed by atoms with van der Waals surface area (Å²) < 4.78 is 18.8. The lowest BCUT2D eigenvalue weighted by atomic mass is 10.1. The average Bonchev–Trinajstić information content (AvgIpc) is 3.10. The van der Waals surface area contributed by atoms with Gasteiger partial charge in [-0.05, 0) is 43.2 Å². The number of nitrogens with zero attached hydrogens (tertiary/aromatic N) is 2. The molecule has 3 aromatic rings. The fourth-order valence-electron chi connectivity index (χ4n) is 2.28. The molecule has 0 saturated carbocycles. The Morgan fingerprint density at radius 1 is 1.15 bits per heavy atom. The Hall–Kier alpha value is -2.67. The van der Waals surface area contributed by atoms with Crippen molar-refractivity contribution < 1.29 is 13.6 Å². The molecule has 134 valence electrons. The molecular weight excluding hydrogens is 353 g/mol. The zero-order valence-corrected chi connectivity index (χ0v) is 15.3. The maximum Gasteiger partial charge on any atom is 0.277 e. The first kappa shape index (κ1) is 18.1. The summed E-state index contributed by atoms with van der Waals surface area (Å²) in [7, 11) is 0. The van der Waals surface area contributed by atoms with E-state index in [1.54, 1.807) is 19.1 Å². The van der Waals surface area contributed by atoms with E-state index in [1.807, 2.05) is 31.2 Å². The number of hydrogen-bond acceptors (Lipinski definition) is 5. The number of thioether (sulfide) groups is 1. The highest BCUT2D eigenvalue weighted by Crippen LogP contribution is 2.23. The number of amides is 1. The molecule has 1 heterocycles. The minimum absolute atomic E-state index is 0.160. The molecule has 0 spiro atoms. The van der Waals surface area contributed by atoms with Gasteiger partial charge >= 0.3 is 0 Å². The van der Waals surface area contributed by atoms with Crippen molar-refractivity contribution in [3.05, 3.63) is 65.0 Å². The molecule has 1 aromatic heterocycles. The maximum absolute atomic E-state index is 13.2. The second-order valence-electron chi connectivity index (χ2n) is 5.89. The van der Waals surface area contributed by atoms with E-state index in [2.05, 4.69) is 15.5 Å². The van der Waals surface area contributed by atoms with Crippen molar-refractivity contribution in [1.82, 2.24) is 15.5 Å². The molecule has 0 aliphatic rings. The van der Waals surface area contributed by atoms with Crippen LogP contribution in [0.15, 0.2) is 52.1 Å². The fourth-order valence-corrected chi connectivity index (χ4v) is 2.87. The van der Waals surface area contributed by atoms with Crippen LogP contribution in [0.2, 0.25) is 0 Å². The monoisotopic (exact) mass is 371 g/mol. The van der Waals surface area contributed by atoms with Gasteiger partial charge in [0.05, 0.1) is 5.75 Å². The van der Waals surface area contributed by atoms with Gasteiger partial charge in [-0.2, -0.15) is 0 Å². The number of hydrogen-bond donors (Lipinski definition) is 1. The maximum atomic E-state index is 13.2. The van der Waals surface area contributed by atoms with E-state index in [1.165, 1.54) is 17.8 Å². The largest absolute Gasteiger partial charge is 0.411 e. The second kappa shape index (κ2) is 8.14. The Morgan fingerprint density at radius 3 is 2.65 bits per heavy atom. The Bertz CT molecular complexity index is 909. The van der Waals surface area contributed by atoms with Crippen molar-refractivity contribution in [2.24, 2.45) is 0 Å². The second-order valence-corrected chi connectivity index (χ2v) is 6.81. The quantitative estimate of drug-likeness (QED) is 0.666. The van der Waals surface area contributed by atoms with Crippen LogP contribution in [-0.2, 0) is 11.3 Å². The zero-order chi connectivity index (χ0) is 18.5. The third kappa shape index (κ3) is 4.70. The summed E-state index contributed by atoms with van der Waals surface area (Å²) in [5.74, 6) is 0.175. The topological polar surface area (TPSA) is 68.0 Å². The number of aromatic nitrogens is 2. The van der Waals surface area contributed by atoms with Gasteiger partial charge in [0.2, 0.25) is 11.8 Å². The smallest absolute Gasteiger partial charge is 0.277 e. The van der Waals surface area contributed by atoms with Gasteiger partial charge in [0.15, 0.2) is 0 Å². The summed E-state index contributed by atoms with van der Waals surface area (Å²) in [5.41, 5.74) is 3.39. The van der Waals surface area contributed by atoms with Gasteiger partial charge in [-0.15, -0.1) is 10.2 Å². The molecule has 0 atom stereocenters. The molecule has 5 nitrogen and oxygen atoms in total. The third-order valence-electron chi connectivity index (χ3n) is 3.74. The molecule has 2 aromatic carbocycles. The predicted molar refractivity (Wildman–Crippen MR) is 98.2 cm³/mol. The molecule has 1 N–H and O–H groups in total. The number of nitrogens with one attached hydrogen (secondary N) is 1. The van der Waals surface area contributed by atoms with Gasteiger partial charge in [0, 0.05) is 12.1 Å². The van der Waals surface area contributed by atoms with E-state index in [0.29, 0.717) is 23.2 Å². The van der Waals surface area contributed by atoms with Crippen molar-refractivity contribution in [1.29, 1.82) is 0 Å². The van der Waals surface area contributed by atoms with Crippen LogP contribution in [0.25, 0.3) is 11.5 Å². The number of rotatable bonds is 6. The highest BCUT2D eigenvalue weighted by Gasteiger charge is 2.11. The minimum atomic E-state index is -0.253. The Kier molecular flexibility index (Phi) is 5.68. The summed E-state index contributed by atoms with van der Waals surface area (Å²) in [6, 6.07) is 12.5. The number of aryl methyl sites for hydroxylation is 2. The predicted octanol–water partition coefficient (Wildman–Crippen LogP) is 3.90. The van der Waals surface area contributed by atoms with Crippen molar-refractivity contribution in [3.63, 3.8) is 0 Å². The summed E-state index contributed by atoms with van der Waals surface area (Å²) in [5, 5.41) is 11.1. The van der Waals surface area contributed by atoms with Crippen molar-refractivity contribution in [2.75, 3.05) is 5.75 Å². The first-order valence-electron chi connectivity index (χ1n) is 8.06. The zero-order valence-electron chi connectivity index (χ0n) is 14.5. The molecule has 0 fully saturated rings. The van der Waals surface area contributed by atoms with Crippen LogP contribution in [-0.4, -0.2) is 21.9 Å². The standard InChI is InChI=1S/C19H18FN3O2S/c1-12-3-6-15(7-4-12)18-22-23-19(25-18)26-11-17(24)21-10-14-5-8-16(20)13(2)9-14/h3-9H,10-11H2,1-2H3,(H,21,24). The molecule has 26 heavy (non-hydrogen) atoms. The molecule has 0 bridgehead atoms. The summed E-state index contributed by atoms with van der Waals surface area (Å²) in [6.45, 7) is 4.04. The number of halogens is 1. The Balaban J connectivity index is 1.50. The van der Waals surface area contributed by atoms with Crippen LogP contribution in [0.3, 0.4) is 0 Å². The first-order valence-corrected chi connectivity index (χ1v) is 9.05. The van der Waals surface area contributed by atoms with E-state index < -0.39 is 0 Å². The SMILES string of the molecule is Cc1ccc(-c2nnc(SCC(=O)NCc3ccc(F)c(C)c3)o2)cc1. The van der Waals surface area contributed by atoms with E-state index in [9.17, 15) is 9.18 Å². The van der Waals surface area contributed by atoms with Crippen LogP contribution >= 0.6 is 11.8 Å². The molecule has 0 aliphatic carbocycles. The molecule has 1 amide bonds. The number of benzene rings is 2. The van der Waals surface area contributed by atoms with E-state index >= 15 is 0 Å². The van der Waals surface area contributed by atoms with Gasteiger partial charge in [-0.1, -0.05) is 41.6 Å². The highest BCUT2D eigenvalue weighted by atomic mass is 32.2. The van der Waals surface area contributed by atoms with Gasteiger partial charge in [-0.3, -0.25) is 4.79 Å². The molecule has 0 aliphatic heterocycles. The molecule has 0 radical (unpaired) electrons. The van der Waals surface area contributed by atoms with Crippen molar-refractivity contribution >= 4 is 17.7 Å². The minimum Gasteiger partial charge on any atom is -0.411 e. The third-order valence-corrected chi connectivity index (χ3v) is 4.56. The van der Waals surface area contributed by atoms with Crippen LogP contribution in [0.4, 0.5) is 4.39 Å². The summed E-state index contributed by atoms with van der Waals surface area (Å²) in [4.78, 5) is 12.0. The number of carbonyl (C=O) groups is 1. The molecule has 7 heteroatoms. The number of carbonyl (C=O) groups excluding carboxylic acids is 1. The van der Waals surface area contributed by atoms with Crippen molar-refractivity contribution in [3.8, 4) is 11.5 Å². The van der Waals surface area contributed by atoms with Crippen LogP contribution in [0.5, 0.6) is 0 Å². The first-order chi connectivity index (χ1) is 12.5. The van der Waals surface area contributed by atoms with Crippen LogP contribution in [0.1, 0.15) is 16.7 Å². The lowest BCUT2D eigenvalue weighted by Gasteiger charge is -2.05. The molecule has 0 unspecified atom stereocenters. The molecular formula is C19H18FN3O2S. The van der Waals surface area contributed by atoms with Crippen LogP contribution < -0.4 is 5.32 Å². The van der Waals surface area contributed by atoms with E-state index in [4.69, 9.17) is 4.42 Å². The van der Waals surface area contributed by atoms with Gasteiger partial charge < -0.3 is 9.73 Å². The Labute approximate surface area is 155 Å². The normalized spacial score (nSPS) is 10.7. The highest BCUT2D eigenvalue weighted by molar-refractivity contribution is 7.99. The molecule has 0 saturated heterocycles. The van der Waals surface area contributed by atoms with Gasteiger partial charge in [0.25, 0.3) is 5.22 Å². The lowest BCUT2D eigenvalue weighted by molar-refractivity contribution is -0.118. The lowest BCUT2D eigenvalue weighted by Crippen LogP contribution is -2.24. The fraction of sp³-hybridized carbons (Fsp3) is 0.211. The van der Waals surface area contributed by atoms with E-state index in [-0.39, 0.29) is 17.5 Å². The van der Waals surface area contributed by atoms with Crippen LogP contribution in [0, 0.1) is 19.7 Å². The summed E-state index contributed by atoms with van der Waals surface area (Å²) in [6.07, 6.45) is 0. The van der Waals surface area contributed by atoms with Gasteiger partial charge in [-0.25, -0.2) is 4.39 Å².